The highest BCUT2D eigenvalue weighted by Crippen LogP contribution is 2.29. The molecule has 1 aromatic rings. The topological polar surface area (TPSA) is 44.8 Å². The van der Waals surface area contributed by atoms with Gasteiger partial charge in [-0.3, -0.25) is 0 Å². The van der Waals surface area contributed by atoms with E-state index in [9.17, 15) is 4.79 Å². The Kier molecular flexibility index (Phi) is 6.05. The fourth-order valence-electron chi connectivity index (χ4n) is 3.98. The number of carbonyl (C=O) groups is 1. The Bertz CT molecular complexity index is 570. The number of para-hydroxylation sites is 2. The molecule has 0 spiro atoms. The molecule has 0 aromatic heterocycles. The first-order valence-corrected chi connectivity index (χ1v) is 9.69. The summed E-state index contributed by atoms with van der Waals surface area (Å²) in [7, 11) is 0. The summed E-state index contributed by atoms with van der Waals surface area (Å²) >= 11 is 0. The summed E-state index contributed by atoms with van der Waals surface area (Å²) < 4.78 is 5.74. The van der Waals surface area contributed by atoms with Crippen molar-refractivity contribution in [3.63, 3.8) is 0 Å². The second kappa shape index (κ2) is 8.45. The molecule has 2 amide bonds. The van der Waals surface area contributed by atoms with Gasteiger partial charge in [-0.15, -0.1) is 0 Å². The molecule has 1 saturated heterocycles. The molecule has 1 heterocycles. The van der Waals surface area contributed by atoms with Crippen LogP contribution in [0.1, 0.15) is 39.5 Å². The first-order chi connectivity index (χ1) is 12.2. The predicted molar refractivity (Wildman–Crippen MR) is 101 cm³/mol. The molecule has 2 aliphatic rings. The molecule has 1 aliphatic carbocycles. The van der Waals surface area contributed by atoms with E-state index >= 15 is 0 Å². The zero-order valence-electron chi connectivity index (χ0n) is 15.5. The molecule has 2 unspecified atom stereocenters. The fourth-order valence-corrected chi connectivity index (χ4v) is 3.98. The number of hydrogen-bond acceptors (Lipinski definition) is 3. The number of nitrogens with one attached hydrogen (secondary N) is 1. The normalized spacial score (nSPS) is 24.1. The van der Waals surface area contributed by atoms with Crippen LogP contribution < -0.4 is 15.0 Å². The number of rotatable bonds is 4. The number of amides is 2. The van der Waals surface area contributed by atoms with Crippen molar-refractivity contribution < 1.29 is 9.53 Å². The van der Waals surface area contributed by atoms with Crippen LogP contribution in [0.4, 0.5) is 10.5 Å². The molecule has 0 bridgehead atoms. The number of urea groups is 1. The zero-order chi connectivity index (χ0) is 17.6. The number of nitrogens with zero attached hydrogens (tertiary/aromatic N) is 2. The van der Waals surface area contributed by atoms with Crippen molar-refractivity contribution in [3.05, 3.63) is 24.3 Å². The highest BCUT2D eigenvalue weighted by atomic mass is 16.5. The fraction of sp³-hybridized carbons (Fsp3) is 0.650. The number of ether oxygens (including phenoxy) is 1. The quantitative estimate of drug-likeness (QED) is 0.908. The van der Waals surface area contributed by atoms with Gasteiger partial charge in [0.05, 0.1) is 12.3 Å². The molecule has 1 aliphatic heterocycles. The molecule has 1 aromatic carbocycles. The average Bonchev–Trinajstić information content (AvgIpc) is 2.63. The minimum atomic E-state index is 0.108. The monoisotopic (exact) mass is 345 g/mol. The van der Waals surface area contributed by atoms with Gasteiger partial charge in [-0.2, -0.15) is 0 Å². The van der Waals surface area contributed by atoms with Crippen LogP contribution in [0.15, 0.2) is 24.3 Å². The van der Waals surface area contributed by atoms with Crippen molar-refractivity contribution in [1.29, 1.82) is 0 Å². The van der Waals surface area contributed by atoms with Crippen LogP contribution in [-0.4, -0.2) is 49.8 Å². The number of benzene rings is 1. The van der Waals surface area contributed by atoms with E-state index in [-0.39, 0.29) is 6.03 Å². The molecule has 5 nitrogen and oxygen atoms in total. The molecule has 25 heavy (non-hydrogen) atoms. The molecule has 5 heteroatoms. The lowest BCUT2D eigenvalue weighted by atomic mass is 9.87. The highest BCUT2D eigenvalue weighted by molar-refractivity contribution is 5.75. The van der Waals surface area contributed by atoms with E-state index in [1.165, 1.54) is 12.8 Å². The van der Waals surface area contributed by atoms with Crippen molar-refractivity contribution >= 4 is 11.7 Å². The van der Waals surface area contributed by atoms with E-state index in [2.05, 4.69) is 23.2 Å². The summed E-state index contributed by atoms with van der Waals surface area (Å²) in [6, 6.07) is 8.63. The van der Waals surface area contributed by atoms with Gasteiger partial charge in [0.1, 0.15) is 5.75 Å². The summed E-state index contributed by atoms with van der Waals surface area (Å²) in [6.45, 7) is 8.16. The van der Waals surface area contributed by atoms with Crippen molar-refractivity contribution in [2.45, 2.75) is 45.6 Å². The van der Waals surface area contributed by atoms with E-state index in [1.807, 2.05) is 30.0 Å². The third kappa shape index (κ3) is 4.59. The van der Waals surface area contributed by atoms with Crippen molar-refractivity contribution in [2.24, 2.45) is 5.92 Å². The van der Waals surface area contributed by atoms with Crippen LogP contribution in [0.3, 0.4) is 0 Å². The summed E-state index contributed by atoms with van der Waals surface area (Å²) in [6.07, 6.45) is 4.77. The van der Waals surface area contributed by atoms with Gasteiger partial charge in [0, 0.05) is 32.2 Å². The van der Waals surface area contributed by atoms with Crippen LogP contribution in [0.2, 0.25) is 0 Å². The van der Waals surface area contributed by atoms with Gasteiger partial charge in [0.15, 0.2) is 0 Å². The standard InChI is InChI=1S/C20H31N3O2/c1-3-25-19-10-5-4-9-18(19)22-11-13-23(14-12-22)20(24)21-17-8-6-7-16(2)15-17/h4-5,9-10,16-17H,3,6-8,11-15H2,1-2H3,(H,21,24). The Morgan fingerprint density at radius 1 is 1.20 bits per heavy atom. The van der Waals surface area contributed by atoms with E-state index < -0.39 is 0 Å². The summed E-state index contributed by atoms with van der Waals surface area (Å²) in [5.74, 6) is 1.66. The Morgan fingerprint density at radius 3 is 2.68 bits per heavy atom. The largest absolute Gasteiger partial charge is 0.492 e. The van der Waals surface area contributed by atoms with Crippen LogP contribution >= 0.6 is 0 Å². The van der Waals surface area contributed by atoms with E-state index in [4.69, 9.17) is 4.74 Å². The van der Waals surface area contributed by atoms with Crippen molar-refractivity contribution in [1.82, 2.24) is 10.2 Å². The number of hydrogen-bond donors (Lipinski definition) is 1. The van der Waals surface area contributed by atoms with E-state index in [0.717, 1.165) is 56.4 Å². The molecule has 1 saturated carbocycles. The average molecular weight is 345 g/mol. The molecule has 138 valence electrons. The number of anilines is 1. The van der Waals surface area contributed by atoms with Crippen LogP contribution in [0.25, 0.3) is 0 Å². The maximum Gasteiger partial charge on any atom is 0.317 e. The SMILES string of the molecule is CCOc1ccccc1N1CCN(C(=O)NC2CCCC(C)C2)CC1. The smallest absolute Gasteiger partial charge is 0.317 e. The van der Waals surface area contributed by atoms with Gasteiger partial charge >= 0.3 is 6.03 Å². The predicted octanol–water partition coefficient (Wildman–Crippen LogP) is 3.50. The number of piperazine rings is 1. The molecular formula is C20H31N3O2. The molecule has 0 radical (unpaired) electrons. The lowest BCUT2D eigenvalue weighted by molar-refractivity contribution is 0.183. The maximum atomic E-state index is 12.6. The van der Waals surface area contributed by atoms with Gasteiger partial charge in [-0.25, -0.2) is 4.79 Å². The van der Waals surface area contributed by atoms with Crippen LogP contribution in [0.5, 0.6) is 5.75 Å². The lowest BCUT2D eigenvalue weighted by Gasteiger charge is -2.38. The molecule has 2 atom stereocenters. The first kappa shape index (κ1) is 17.9. The van der Waals surface area contributed by atoms with E-state index in [0.29, 0.717) is 12.6 Å². The number of carbonyl (C=O) groups excluding carboxylic acids is 1. The van der Waals surface area contributed by atoms with Crippen molar-refractivity contribution in [2.75, 3.05) is 37.7 Å². The lowest BCUT2D eigenvalue weighted by Crippen LogP contribution is -2.54. The van der Waals surface area contributed by atoms with Gasteiger partial charge < -0.3 is 19.9 Å². The second-order valence-electron chi connectivity index (χ2n) is 7.29. The van der Waals surface area contributed by atoms with E-state index in [1.54, 1.807) is 0 Å². The third-order valence-electron chi connectivity index (χ3n) is 5.34. The van der Waals surface area contributed by atoms with Gasteiger partial charge in [0.25, 0.3) is 0 Å². The molecule has 3 rings (SSSR count). The molecular weight excluding hydrogens is 314 g/mol. The van der Waals surface area contributed by atoms with Gasteiger partial charge in [0.2, 0.25) is 0 Å². The third-order valence-corrected chi connectivity index (χ3v) is 5.34. The second-order valence-corrected chi connectivity index (χ2v) is 7.29. The van der Waals surface area contributed by atoms with Crippen molar-refractivity contribution in [3.8, 4) is 5.75 Å². The highest BCUT2D eigenvalue weighted by Gasteiger charge is 2.26. The molecule has 2 fully saturated rings. The summed E-state index contributed by atoms with van der Waals surface area (Å²) in [4.78, 5) is 16.8. The van der Waals surface area contributed by atoms with Crippen LogP contribution in [-0.2, 0) is 0 Å². The first-order valence-electron chi connectivity index (χ1n) is 9.69. The Hall–Kier alpha value is -1.91. The Balaban J connectivity index is 1.52. The van der Waals surface area contributed by atoms with Crippen LogP contribution in [0, 0.1) is 5.92 Å². The Morgan fingerprint density at radius 2 is 1.96 bits per heavy atom. The van der Waals surface area contributed by atoms with Gasteiger partial charge in [-0.1, -0.05) is 31.9 Å². The molecule has 1 N–H and O–H groups in total. The summed E-state index contributed by atoms with van der Waals surface area (Å²) in [5, 5.41) is 3.25. The minimum absolute atomic E-state index is 0.108. The maximum absolute atomic E-state index is 12.6. The summed E-state index contributed by atoms with van der Waals surface area (Å²) in [5.41, 5.74) is 1.13. The zero-order valence-corrected chi connectivity index (χ0v) is 15.5. The minimum Gasteiger partial charge on any atom is -0.492 e. The van der Waals surface area contributed by atoms with Gasteiger partial charge in [-0.05, 0) is 37.8 Å². The Labute approximate surface area is 151 Å².